The summed E-state index contributed by atoms with van der Waals surface area (Å²) in [7, 11) is -3.82. The van der Waals surface area contributed by atoms with Crippen molar-refractivity contribution in [2.75, 3.05) is 5.75 Å². The first-order chi connectivity index (χ1) is 16.3. The molecule has 3 aromatic heterocycles. The second-order valence-electron chi connectivity index (χ2n) is 7.16. The Hall–Kier alpha value is -3.68. The van der Waals surface area contributed by atoms with Gasteiger partial charge in [-0.3, -0.25) is 0 Å². The minimum Gasteiger partial charge on any atom is -0.406 e. The Morgan fingerprint density at radius 2 is 1.60 bits per heavy atom. The minimum absolute atomic E-state index is 0.0305. The summed E-state index contributed by atoms with van der Waals surface area (Å²) in [5, 5.41) is 3.40. The number of benzene rings is 1. The summed E-state index contributed by atoms with van der Waals surface area (Å²) in [6, 6.07) is 9.33. The first-order valence-corrected chi connectivity index (χ1v) is 11.5. The van der Waals surface area contributed by atoms with Gasteiger partial charge in [-0.05, 0) is 42.5 Å². The van der Waals surface area contributed by atoms with Crippen molar-refractivity contribution in [3.05, 3.63) is 60.4 Å². The number of alkyl halides is 6. The third-order valence-electron chi connectivity index (χ3n) is 4.81. The Morgan fingerprint density at radius 3 is 2.20 bits per heavy atom. The number of fused-ring (bicyclic) bond motifs is 1. The summed E-state index contributed by atoms with van der Waals surface area (Å²) in [6.07, 6.45) is -8.38. The van der Waals surface area contributed by atoms with Gasteiger partial charge in [-0.15, -0.1) is 13.2 Å². The number of pyridine rings is 1. The Morgan fingerprint density at radius 1 is 0.914 bits per heavy atom. The van der Waals surface area contributed by atoms with E-state index in [2.05, 4.69) is 19.8 Å². The molecule has 0 fully saturated rings. The van der Waals surface area contributed by atoms with Crippen molar-refractivity contribution in [3.8, 4) is 28.4 Å². The monoisotopic (exact) mass is 516 g/mol. The van der Waals surface area contributed by atoms with E-state index in [1.54, 1.807) is 0 Å². The van der Waals surface area contributed by atoms with Crippen molar-refractivity contribution in [1.29, 1.82) is 0 Å². The first-order valence-electron chi connectivity index (χ1n) is 9.81. The first kappa shape index (κ1) is 24.4. The number of aromatic nitrogens is 4. The Kier molecular flexibility index (Phi) is 5.95. The van der Waals surface area contributed by atoms with Gasteiger partial charge < -0.3 is 4.74 Å². The maximum absolute atomic E-state index is 13.0. The molecule has 0 atom stereocenters. The summed E-state index contributed by atoms with van der Waals surface area (Å²) in [4.78, 5) is 8.24. The van der Waals surface area contributed by atoms with E-state index in [0.717, 1.165) is 16.6 Å². The molecule has 4 aromatic rings. The minimum atomic E-state index is -4.87. The van der Waals surface area contributed by atoms with E-state index >= 15 is 0 Å². The van der Waals surface area contributed by atoms with Crippen LogP contribution in [-0.4, -0.2) is 40.1 Å². The van der Waals surface area contributed by atoms with Crippen LogP contribution in [0.3, 0.4) is 0 Å². The van der Waals surface area contributed by atoms with Gasteiger partial charge in [0.05, 0.1) is 22.0 Å². The van der Waals surface area contributed by atoms with E-state index in [-0.39, 0.29) is 33.4 Å². The number of rotatable bonds is 5. The van der Waals surface area contributed by atoms with Crippen molar-refractivity contribution < 1.29 is 39.5 Å². The van der Waals surface area contributed by atoms with Crippen LogP contribution in [0.15, 0.2) is 59.6 Å². The number of halogens is 6. The third kappa shape index (κ3) is 5.21. The molecule has 1 aromatic carbocycles. The van der Waals surface area contributed by atoms with Crippen LogP contribution in [0.5, 0.6) is 5.75 Å². The van der Waals surface area contributed by atoms with Gasteiger partial charge in [0.15, 0.2) is 21.2 Å². The van der Waals surface area contributed by atoms with E-state index in [4.69, 9.17) is 0 Å². The lowest BCUT2D eigenvalue weighted by Gasteiger charge is -2.12. The highest BCUT2D eigenvalue weighted by Gasteiger charge is 2.34. The van der Waals surface area contributed by atoms with Crippen LogP contribution in [0.25, 0.3) is 28.3 Å². The number of hydrogen-bond acceptors (Lipinski definition) is 6. The third-order valence-corrected chi connectivity index (χ3v) is 6.57. The number of sulfone groups is 1. The summed E-state index contributed by atoms with van der Waals surface area (Å²) in [5.41, 5.74) is -0.984. The predicted molar refractivity (Wildman–Crippen MR) is 111 cm³/mol. The van der Waals surface area contributed by atoms with Crippen molar-refractivity contribution >= 4 is 15.5 Å². The predicted octanol–water partition coefficient (Wildman–Crippen LogP) is 5.17. The summed E-state index contributed by atoms with van der Waals surface area (Å²) < 4.78 is 106. The van der Waals surface area contributed by atoms with Crippen LogP contribution in [0.1, 0.15) is 12.6 Å². The van der Waals surface area contributed by atoms with Gasteiger partial charge >= 0.3 is 12.5 Å². The van der Waals surface area contributed by atoms with Gasteiger partial charge in [-0.2, -0.15) is 18.3 Å². The average Bonchev–Trinajstić information content (AvgIpc) is 3.22. The standard InChI is InChI=1S/C21H14F6N4O3S/c1-2-35(32,33)16-8-7-14(12-3-5-13(6-4-12)34-21(25,26)27)29-19(16)15-9-10-31-18(28-15)11-17(30-31)20(22,23)24/h3-11H,2H2,1H3. The van der Waals surface area contributed by atoms with Gasteiger partial charge in [0.2, 0.25) is 0 Å². The van der Waals surface area contributed by atoms with Gasteiger partial charge in [0, 0.05) is 17.8 Å². The van der Waals surface area contributed by atoms with Crippen LogP contribution >= 0.6 is 0 Å². The van der Waals surface area contributed by atoms with Crippen LogP contribution in [-0.2, 0) is 16.0 Å². The quantitative estimate of drug-likeness (QED) is 0.340. The molecule has 0 unspecified atom stereocenters. The van der Waals surface area contributed by atoms with Gasteiger partial charge in [-0.1, -0.05) is 6.92 Å². The Bertz CT molecular complexity index is 1500. The van der Waals surface area contributed by atoms with Gasteiger partial charge in [0.1, 0.15) is 11.4 Å². The number of ether oxygens (including phenoxy) is 1. The fourth-order valence-corrected chi connectivity index (χ4v) is 4.21. The van der Waals surface area contributed by atoms with Crippen LogP contribution in [0.2, 0.25) is 0 Å². The maximum atomic E-state index is 13.0. The average molecular weight is 516 g/mol. The van der Waals surface area contributed by atoms with E-state index in [9.17, 15) is 34.8 Å². The molecule has 7 nitrogen and oxygen atoms in total. The highest BCUT2D eigenvalue weighted by Crippen LogP contribution is 2.32. The molecule has 0 amide bonds. The zero-order valence-corrected chi connectivity index (χ0v) is 18.4. The molecular formula is C21H14F6N4O3S. The molecule has 0 N–H and O–H groups in total. The fourth-order valence-electron chi connectivity index (χ4n) is 3.17. The number of hydrogen-bond donors (Lipinski definition) is 0. The van der Waals surface area contributed by atoms with Crippen LogP contribution in [0.4, 0.5) is 26.3 Å². The molecule has 0 aliphatic heterocycles. The zero-order chi connectivity index (χ0) is 25.6. The molecular weight excluding hydrogens is 502 g/mol. The Labute approximate surface area is 193 Å². The second kappa shape index (κ2) is 8.52. The molecule has 14 heteroatoms. The highest BCUT2D eigenvalue weighted by molar-refractivity contribution is 7.91. The van der Waals surface area contributed by atoms with Crippen LogP contribution in [0, 0.1) is 0 Å². The smallest absolute Gasteiger partial charge is 0.406 e. The molecule has 0 radical (unpaired) electrons. The molecule has 0 saturated carbocycles. The van der Waals surface area contributed by atoms with Crippen molar-refractivity contribution in [2.24, 2.45) is 0 Å². The molecule has 0 aliphatic carbocycles. The largest absolute Gasteiger partial charge is 0.573 e. The Balaban J connectivity index is 1.83. The summed E-state index contributed by atoms with van der Waals surface area (Å²) >= 11 is 0. The lowest BCUT2D eigenvalue weighted by atomic mass is 10.1. The lowest BCUT2D eigenvalue weighted by molar-refractivity contribution is -0.274. The highest BCUT2D eigenvalue weighted by atomic mass is 32.2. The maximum Gasteiger partial charge on any atom is 0.573 e. The zero-order valence-electron chi connectivity index (χ0n) is 17.6. The molecule has 0 saturated heterocycles. The van der Waals surface area contributed by atoms with Gasteiger partial charge in [-0.25, -0.2) is 22.9 Å². The van der Waals surface area contributed by atoms with E-state index in [1.807, 2.05) is 0 Å². The SMILES string of the molecule is CCS(=O)(=O)c1ccc(-c2ccc(OC(F)(F)F)cc2)nc1-c1ccn2nc(C(F)(F)F)cc2n1. The van der Waals surface area contributed by atoms with E-state index in [0.29, 0.717) is 11.6 Å². The molecule has 0 spiro atoms. The lowest BCUT2D eigenvalue weighted by Crippen LogP contribution is -2.16. The van der Waals surface area contributed by atoms with E-state index in [1.165, 1.54) is 43.5 Å². The number of nitrogens with zero attached hydrogens (tertiary/aromatic N) is 4. The fraction of sp³-hybridized carbons (Fsp3) is 0.190. The van der Waals surface area contributed by atoms with Crippen molar-refractivity contribution in [2.45, 2.75) is 24.4 Å². The van der Waals surface area contributed by atoms with Gasteiger partial charge in [0.25, 0.3) is 0 Å². The molecule has 3 heterocycles. The van der Waals surface area contributed by atoms with Crippen molar-refractivity contribution in [1.82, 2.24) is 19.6 Å². The van der Waals surface area contributed by atoms with E-state index < -0.39 is 33.8 Å². The molecule has 4 rings (SSSR count). The summed E-state index contributed by atoms with van der Waals surface area (Å²) in [5.74, 6) is -0.738. The molecule has 0 aliphatic rings. The molecule has 0 bridgehead atoms. The van der Waals surface area contributed by atoms with Crippen molar-refractivity contribution in [3.63, 3.8) is 0 Å². The second-order valence-corrected chi connectivity index (χ2v) is 9.41. The normalized spacial score (nSPS) is 12.8. The van der Waals surface area contributed by atoms with Crippen LogP contribution < -0.4 is 4.74 Å². The molecule has 35 heavy (non-hydrogen) atoms. The topological polar surface area (TPSA) is 86.5 Å². The summed E-state index contributed by atoms with van der Waals surface area (Å²) in [6.45, 7) is 1.41. The molecule has 184 valence electrons.